The molecule has 192 valence electrons. The number of allylic oxidation sites excluding steroid dienone is 1. The number of ketones is 1. The fourth-order valence-corrected chi connectivity index (χ4v) is 4.69. The van der Waals surface area contributed by atoms with E-state index < -0.39 is 0 Å². The second kappa shape index (κ2) is 10.2. The second-order valence-electron chi connectivity index (χ2n) is 8.46. The Hall–Kier alpha value is -3.88. The van der Waals surface area contributed by atoms with Crippen molar-refractivity contribution in [3.05, 3.63) is 75.0 Å². The number of carbonyl (C=O) groups is 1. The monoisotopic (exact) mass is 524 g/mol. The Balaban J connectivity index is 1.40. The van der Waals surface area contributed by atoms with Crippen molar-refractivity contribution in [3.63, 3.8) is 0 Å². The van der Waals surface area contributed by atoms with Crippen LogP contribution in [-0.4, -0.2) is 33.9 Å². The molecule has 0 atom stereocenters. The molecule has 0 amide bonds. The van der Waals surface area contributed by atoms with Crippen LogP contribution >= 0.6 is 11.6 Å². The normalized spacial score (nSPS) is 14.9. The van der Waals surface area contributed by atoms with Crippen LogP contribution in [0.5, 0.6) is 34.5 Å². The molecule has 8 nitrogen and oxygen atoms in total. The van der Waals surface area contributed by atoms with E-state index in [0.29, 0.717) is 51.5 Å². The van der Waals surface area contributed by atoms with Crippen molar-refractivity contribution >= 4 is 23.5 Å². The maximum Gasteiger partial charge on any atom is 0.232 e. The average molecular weight is 525 g/mol. The lowest BCUT2D eigenvalue weighted by Gasteiger charge is -2.21. The van der Waals surface area contributed by atoms with E-state index in [9.17, 15) is 4.79 Å². The van der Waals surface area contributed by atoms with Gasteiger partial charge in [0.2, 0.25) is 11.5 Å². The van der Waals surface area contributed by atoms with Gasteiger partial charge >= 0.3 is 0 Å². The Morgan fingerprint density at radius 1 is 1.00 bits per heavy atom. The molecule has 2 heterocycles. The summed E-state index contributed by atoms with van der Waals surface area (Å²) in [6.45, 7) is 2.68. The summed E-state index contributed by atoms with van der Waals surface area (Å²) >= 11 is 6.27. The molecule has 0 bridgehead atoms. The van der Waals surface area contributed by atoms with Gasteiger partial charge in [0.1, 0.15) is 23.9 Å². The van der Waals surface area contributed by atoms with E-state index in [1.807, 2.05) is 25.1 Å². The Morgan fingerprint density at radius 2 is 1.76 bits per heavy atom. The SMILES string of the molecule is COc1cc(/C=C2\Oc3cc(OCc4cc(Cl)cc5c4OCOC5)cc(C)c3C2=O)cc(OC)c1OC. The number of benzene rings is 3. The Kier molecular flexibility index (Phi) is 6.86. The van der Waals surface area contributed by atoms with Gasteiger partial charge in [-0.25, -0.2) is 0 Å². The van der Waals surface area contributed by atoms with Gasteiger partial charge in [0.25, 0.3) is 0 Å². The zero-order valence-electron chi connectivity index (χ0n) is 20.8. The number of rotatable bonds is 7. The van der Waals surface area contributed by atoms with Gasteiger partial charge in [-0.05, 0) is 54.5 Å². The summed E-state index contributed by atoms with van der Waals surface area (Å²) in [5.74, 6) is 3.08. The van der Waals surface area contributed by atoms with Crippen molar-refractivity contribution in [1.29, 1.82) is 0 Å². The van der Waals surface area contributed by atoms with Crippen LogP contribution in [0.1, 0.15) is 32.6 Å². The minimum absolute atomic E-state index is 0.177. The largest absolute Gasteiger partial charge is 0.493 e. The van der Waals surface area contributed by atoms with Crippen molar-refractivity contribution < 1.29 is 38.0 Å². The van der Waals surface area contributed by atoms with Gasteiger partial charge in [0.15, 0.2) is 24.1 Å². The molecule has 3 aromatic carbocycles. The molecule has 37 heavy (non-hydrogen) atoms. The summed E-state index contributed by atoms with van der Waals surface area (Å²) in [5.41, 5.74) is 3.58. The number of ether oxygens (including phenoxy) is 7. The molecule has 0 saturated carbocycles. The topological polar surface area (TPSA) is 81.7 Å². The maximum absolute atomic E-state index is 13.2. The van der Waals surface area contributed by atoms with E-state index in [1.54, 1.807) is 24.3 Å². The fourth-order valence-electron chi connectivity index (χ4n) is 4.42. The number of carbonyl (C=O) groups excluding carboxylic acids is 1. The molecular formula is C28H25ClO8. The summed E-state index contributed by atoms with van der Waals surface area (Å²) in [6.07, 6.45) is 1.64. The van der Waals surface area contributed by atoms with Crippen molar-refractivity contribution in [2.75, 3.05) is 28.1 Å². The maximum atomic E-state index is 13.2. The molecule has 0 radical (unpaired) electrons. The first kappa shape index (κ1) is 24.8. The van der Waals surface area contributed by atoms with Crippen LogP contribution in [0.25, 0.3) is 6.08 Å². The molecule has 3 aromatic rings. The predicted molar refractivity (Wildman–Crippen MR) is 136 cm³/mol. The van der Waals surface area contributed by atoms with E-state index in [2.05, 4.69) is 0 Å². The van der Waals surface area contributed by atoms with Crippen LogP contribution in [0.3, 0.4) is 0 Å². The molecule has 0 aromatic heterocycles. The second-order valence-corrected chi connectivity index (χ2v) is 8.90. The highest BCUT2D eigenvalue weighted by atomic mass is 35.5. The van der Waals surface area contributed by atoms with Crippen LogP contribution in [0.2, 0.25) is 5.02 Å². The predicted octanol–water partition coefficient (Wildman–Crippen LogP) is 5.74. The summed E-state index contributed by atoms with van der Waals surface area (Å²) in [4.78, 5) is 13.2. The first-order valence-electron chi connectivity index (χ1n) is 11.4. The highest BCUT2D eigenvalue weighted by molar-refractivity contribution is 6.30. The highest BCUT2D eigenvalue weighted by Crippen LogP contribution is 2.41. The summed E-state index contributed by atoms with van der Waals surface area (Å²) < 4.78 is 39.2. The Bertz CT molecular complexity index is 1390. The van der Waals surface area contributed by atoms with Gasteiger partial charge in [0.05, 0.1) is 33.5 Å². The number of Topliss-reactive ketones (excluding diaryl/α,β-unsaturated/α-hetero) is 1. The van der Waals surface area contributed by atoms with E-state index >= 15 is 0 Å². The zero-order valence-corrected chi connectivity index (χ0v) is 21.6. The number of halogens is 1. The zero-order chi connectivity index (χ0) is 26.1. The van der Waals surface area contributed by atoms with Gasteiger partial charge < -0.3 is 33.2 Å². The molecule has 0 N–H and O–H groups in total. The van der Waals surface area contributed by atoms with Crippen LogP contribution in [0.15, 0.2) is 42.2 Å². The Labute approximate surface area is 219 Å². The van der Waals surface area contributed by atoms with Gasteiger partial charge in [0, 0.05) is 22.2 Å². The fraction of sp³-hybridized carbons (Fsp3) is 0.250. The van der Waals surface area contributed by atoms with Gasteiger partial charge in [-0.1, -0.05) is 11.6 Å². The van der Waals surface area contributed by atoms with E-state index in [4.69, 9.17) is 44.8 Å². The molecule has 5 rings (SSSR count). The third kappa shape index (κ3) is 4.77. The first-order chi connectivity index (χ1) is 17.9. The summed E-state index contributed by atoms with van der Waals surface area (Å²) in [5, 5.41) is 0.576. The number of aryl methyl sites for hydroxylation is 1. The minimum Gasteiger partial charge on any atom is -0.493 e. The van der Waals surface area contributed by atoms with Crippen LogP contribution in [-0.2, 0) is 18.0 Å². The van der Waals surface area contributed by atoms with Gasteiger partial charge in [-0.15, -0.1) is 0 Å². The molecule has 9 heteroatoms. The molecule has 0 aliphatic carbocycles. The molecular weight excluding hydrogens is 500 g/mol. The standard InChI is InChI=1S/C28H25ClO8/c1-15-5-20(35-13-18-10-19(29)9-17-12-34-14-36-27(17)18)11-21-25(15)26(30)22(37-21)6-16-7-23(31-2)28(33-4)24(8-16)32-3/h5-11H,12-14H2,1-4H3/b22-6-. The van der Waals surface area contributed by atoms with Crippen molar-refractivity contribution in [1.82, 2.24) is 0 Å². The lowest BCUT2D eigenvalue weighted by Crippen LogP contribution is -2.14. The van der Waals surface area contributed by atoms with E-state index in [1.165, 1.54) is 21.3 Å². The Morgan fingerprint density at radius 3 is 2.46 bits per heavy atom. The van der Waals surface area contributed by atoms with Gasteiger partial charge in [-0.3, -0.25) is 4.79 Å². The third-order valence-electron chi connectivity index (χ3n) is 6.07. The summed E-state index contributed by atoms with van der Waals surface area (Å²) in [7, 11) is 4.60. The minimum atomic E-state index is -0.217. The van der Waals surface area contributed by atoms with E-state index in [0.717, 1.165) is 22.4 Å². The van der Waals surface area contributed by atoms with Crippen LogP contribution in [0.4, 0.5) is 0 Å². The molecule has 2 aliphatic heterocycles. The van der Waals surface area contributed by atoms with Crippen molar-refractivity contribution in [2.24, 2.45) is 0 Å². The molecule has 2 aliphatic rings. The number of hydrogen-bond donors (Lipinski definition) is 0. The van der Waals surface area contributed by atoms with E-state index in [-0.39, 0.29) is 24.9 Å². The lowest BCUT2D eigenvalue weighted by molar-refractivity contribution is -0.0175. The summed E-state index contributed by atoms with van der Waals surface area (Å²) in [6, 6.07) is 10.6. The number of hydrogen-bond acceptors (Lipinski definition) is 8. The first-order valence-corrected chi connectivity index (χ1v) is 11.8. The molecule has 0 saturated heterocycles. The lowest BCUT2D eigenvalue weighted by atomic mass is 10.0. The molecule has 0 spiro atoms. The average Bonchev–Trinajstić information content (AvgIpc) is 3.21. The third-order valence-corrected chi connectivity index (χ3v) is 6.29. The molecule has 0 fully saturated rings. The quantitative estimate of drug-likeness (QED) is 0.362. The molecule has 0 unspecified atom stereocenters. The smallest absolute Gasteiger partial charge is 0.232 e. The van der Waals surface area contributed by atoms with Crippen LogP contribution < -0.4 is 28.4 Å². The highest BCUT2D eigenvalue weighted by Gasteiger charge is 2.30. The van der Waals surface area contributed by atoms with Crippen molar-refractivity contribution in [3.8, 4) is 34.5 Å². The van der Waals surface area contributed by atoms with Crippen molar-refractivity contribution in [2.45, 2.75) is 20.1 Å². The van der Waals surface area contributed by atoms with Gasteiger partial charge in [-0.2, -0.15) is 0 Å². The number of methoxy groups -OCH3 is 3. The number of fused-ring (bicyclic) bond motifs is 2. The van der Waals surface area contributed by atoms with Crippen LogP contribution in [0, 0.1) is 6.92 Å².